The molecule has 0 atom stereocenters. The molecule has 4 heteroatoms. The van der Waals surface area contributed by atoms with Gasteiger partial charge in [-0.05, 0) is 18.4 Å². The summed E-state index contributed by atoms with van der Waals surface area (Å²) in [6.07, 6.45) is 3.54. The Morgan fingerprint density at radius 1 is 1.14 bits per heavy atom. The number of hydrogen-bond acceptors (Lipinski definition) is 4. The van der Waals surface area contributed by atoms with Crippen molar-refractivity contribution in [1.29, 1.82) is 0 Å². The molecule has 0 fully saturated rings. The van der Waals surface area contributed by atoms with Crippen LogP contribution < -0.4 is 10.1 Å². The van der Waals surface area contributed by atoms with Crippen LogP contribution in [0.3, 0.4) is 0 Å². The van der Waals surface area contributed by atoms with Gasteiger partial charge in [-0.15, -0.1) is 11.8 Å². The van der Waals surface area contributed by atoms with Gasteiger partial charge in [0.2, 0.25) is 0 Å². The number of hydrogen-bond donors (Lipinski definition) is 1. The Balaban J connectivity index is 2.15. The SMILES string of the molecule is COc1cccc(N/C(=C/C(=O)c2ccccc2)SC)c1. The van der Waals surface area contributed by atoms with Gasteiger partial charge in [-0.3, -0.25) is 4.79 Å². The first-order valence-corrected chi connectivity index (χ1v) is 7.71. The van der Waals surface area contributed by atoms with Crippen molar-refractivity contribution in [2.75, 3.05) is 18.7 Å². The van der Waals surface area contributed by atoms with Crippen molar-refractivity contribution in [1.82, 2.24) is 0 Å². The molecule has 2 aromatic carbocycles. The summed E-state index contributed by atoms with van der Waals surface area (Å²) < 4.78 is 5.19. The second-order valence-electron chi connectivity index (χ2n) is 4.30. The Morgan fingerprint density at radius 3 is 2.57 bits per heavy atom. The second-order valence-corrected chi connectivity index (χ2v) is 5.15. The molecule has 108 valence electrons. The molecule has 0 aliphatic carbocycles. The molecule has 3 nitrogen and oxygen atoms in total. The second kappa shape index (κ2) is 7.55. The predicted molar refractivity (Wildman–Crippen MR) is 89.0 cm³/mol. The number of nitrogens with one attached hydrogen (secondary N) is 1. The minimum atomic E-state index is -0.0182. The van der Waals surface area contributed by atoms with Crippen molar-refractivity contribution in [3.05, 3.63) is 71.3 Å². The van der Waals surface area contributed by atoms with Gasteiger partial charge < -0.3 is 10.1 Å². The van der Waals surface area contributed by atoms with E-state index in [1.165, 1.54) is 11.8 Å². The molecule has 0 aromatic heterocycles. The molecule has 1 N–H and O–H groups in total. The van der Waals surface area contributed by atoms with Crippen LogP contribution in [-0.4, -0.2) is 19.1 Å². The van der Waals surface area contributed by atoms with E-state index in [0.717, 1.165) is 16.5 Å². The maximum atomic E-state index is 12.2. The molecule has 0 saturated carbocycles. The normalized spacial score (nSPS) is 11.0. The fourth-order valence-corrected chi connectivity index (χ4v) is 2.24. The van der Waals surface area contributed by atoms with Crippen LogP contribution in [-0.2, 0) is 0 Å². The molecule has 0 unspecified atom stereocenters. The van der Waals surface area contributed by atoms with Gasteiger partial charge in [-0.2, -0.15) is 0 Å². The van der Waals surface area contributed by atoms with E-state index < -0.39 is 0 Å². The van der Waals surface area contributed by atoms with Crippen molar-refractivity contribution in [3.8, 4) is 5.75 Å². The lowest BCUT2D eigenvalue weighted by Gasteiger charge is -2.09. The topological polar surface area (TPSA) is 38.3 Å². The maximum Gasteiger partial charge on any atom is 0.188 e. The Bertz CT molecular complexity index is 638. The molecule has 2 aromatic rings. The number of rotatable bonds is 6. The quantitative estimate of drug-likeness (QED) is 0.641. The molecule has 0 amide bonds. The van der Waals surface area contributed by atoms with Gasteiger partial charge in [-0.1, -0.05) is 36.4 Å². The van der Waals surface area contributed by atoms with Crippen LogP contribution in [0.2, 0.25) is 0 Å². The number of thioether (sulfide) groups is 1. The van der Waals surface area contributed by atoms with E-state index in [-0.39, 0.29) is 5.78 Å². The van der Waals surface area contributed by atoms with Gasteiger partial charge in [-0.25, -0.2) is 0 Å². The van der Waals surface area contributed by atoms with Gasteiger partial charge >= 0.3 is 0 Å². The highest BCUT2D eigenvalue weighted by atomic mass is 32.2. The van der Waals surface area contributed by atoms with E-state index in [0.29, 0.717) is 5.56 Å². The summed E-state index contributed by atoms with van der Waals surface area (Å²) in [5, 5.41) is 4.02. The Kier molecular flexibility index (Phi) is 5.46. The largest absolute Gasteiger partial charge is 0.497 e. The minimum absolute atomic E-state index is 0.0182. The third-order valence-electron chi connectivity index (χ3n) is 2.88. The summed E-state index contributed by atoms with van der Waals surface area (Å²) in [5.74, 6) is 0.755. The highest BCUT2D eigenvalue weighted by Crippen LogP contribution is 2.22. The van der Waals surface area contributed by atoms with Gasteiger partial charge in [0.05, 0.1) is 12.1 Å². The molecule has 0 aliphatic heterocycles. The number of anilines is 1. The van der Waals surface area contributed by atoms with Gasteiger partial charge in [0.15, 0.2) is 5.78 Å². The lowest BCUT2D eigenvalue weighted by atomic mass is 10.1. The molecule has 21 heavy (non-hydrogen) atoms. The average Bonchev–Trinajstić information content (AvgIpc) is 2.55. The first-order valence-electron chi connectivity index (χ1n) is 6.49. The average molecular weight is 299 g/mol. The maximum absolute atomic E-state index is 12.2. The monoisotopic (exact) mass is 299 g/mol. The van der Waals surface area contributed by atoms with E-state index in [4.69, 9.17) is 4.74 Å². The summed E-state index contributed by atoms with van der Waals surface area (Å²) in [6.45, 7) is 0. The van der Waals surface area contributed by atoms with Crippen LogP contribution in [0.4, 0.5) is 5.69 Å². The van der Waals surface area contributed by atoms with Crippen LogP contribution in [0.15, 0.2) is 65.7 Å². The zero-order chi connectivity index (χ0) is 15.1. The van der Waals surface area contributed by atoms with E-state index >= 15 is 0 Å². The highest BCUT2D eigenvalue weighted by molar-refractivity contribution is 8.02. The number of benzene rings is 2. The van der Waals surface area contributed by atoms with Crippen LogP contribution in [0.1, 0.15) is 10.4 Å². The first kappa shape index (κ1) is 15.2. The number of carbonyl (C=O) groups excluding carboxylic acids is 1. The number of ether oxygens (including phenoxy) is 1. The van der Waals surface area contributed by atoms with Gasteiger partial charge in [0, 0.05) is 23.4 Å². The number of carbonyl (C=O) groups is 1. The third kappa shape index (κ3) is 4.39. The summed E-state index contributed by atoms with van der Waals surface area (Å²) in [6, 6.07) is 16.8. The molecular weight excluding hydrogens is 282 g/mol. The minimum Gasteiger partial charge on any atom is -0.497 e. The van der Waals surface area contributed by atoms with E-state index in [9.17, 15) is 4.79 Å². The molecule has 0 saturated heterocycles. The van der Waals surface area contributed by atoms with Crippen LogP contribution in [0.5, 0.6) is 5.75 Å². The molecule has 0 heterocycles. The lowest BCUT2D eigenvalue weighted by Crippen LogP contribution is -2.01. The van der Waals surface area contributed by atoms with Crippen molar-refractivity contribution in [3.63, 3.8) is 0 Å². The van der Waals surface area contributed by atoms with Crippen LogP contribution in [0.25, 0.3) is 0 Å². The molecular formula is C17H17NO2S. The highest BCUT2D eigenvalue weighted by Gasteiger charge is 2.05. The Hall–Kier alpha value is -2.20. The molecule has 0 spiro atoms. The van der Waals surface area contributed by atoms with Crippen molar-refractivity contribution >= 4 is 23.2 Å². The number of methoxy groups -OCH3 is 1. The predicted octanol–water partition coefficient (Wildman–Crippen LogP) is 4.19. The first-order chi connectivity index (χ1) is 10.2. The Morgan fingerprint density at radius 2 is 1.90 bits per heavy atom. The van der Waals surface area contributed by atoms with Gasteiger partial charge in [0.1, 0.15) is 5.75 Å². The summed E-state index contributed by atoms with van der Waals surface area (Å²) in [5.41, 5.74) is 1.56. The summed E-state index contributed by atoms with van der Waals surface area (Å²) >= 11 is 1.49. The summed E-state index contributed by atoms with van der Waals surface area (Å²) in [4.78, 5) is 12.2. The van der Waals surface area contributed by atoms with Crippen molar-refractivity contribution < 1.29 is 9.53 Å². The number of allylic oxidation sites excluding steroid dienone is 1. The van der Waals surface area contributed by atoms with Crippen LogP contribution in [0, 0.1) is 0 Å². The fraction of sp³-hybridized carbons (Fsp3) is 0.118. The zero-order valence-electron chi connectivity index (χ0n) is 12.0. The van der Waals surface area contributed by atoms with Gasteiger partial charge in [0.25, 0.3) is 0 Å². The van der Waals surface area contributed by atoms with E-state index in [1.54, 1.807) is 13.2 Å². The third-order valence-corrected chi connectivity index (χ3v) is 3.54. The van der Waals surface area contributed by atoms with Crippen LogP contribution >= 0.6 is 11.8 Å². The van der Waals surface area contributed by atoms with Crippen molar-refractivity contribution in [2.24, 2.45) is 0 Å². The fourth-order valence-electron chi connectivity index (χ4n) is 1.79. The van der Waals surface area contributed by atoms with E-state index in [2.05, 4.69) is 5.32 Å². The lowest BCUT2D eigenvalue weighted by molar-refractivity contribution is 0.104. The smallest absolute Gasteiger partial charge is 0.188 e. The molecule has 2 rings (SSSR count). The number of ketones is 1. The molecule has 0 aliphatic rings. The van der Waals surface area contributed by atoms with Crippen molar-refractivity contribution in [2.45, 2.75) is 0 Å². The standard InChI is InChI=1S/C17H17NO2S/c1-20-15-10-6-9-14(11-15)18-17(21-2)12-16(19)13-7-4-3-5-8-13/h3-12,18H,1-2H3/b17-12-. The summed E-state index contributed by atoms with van der Waals surface area (Å²) in [7, 11) is 1.63. The molecule has 0 bridgehead atoms. The van der Waals surface area contributed by atoms with E-state index in [1.807, 2.05) is 60.9 Å². The molecule has 0 radical (unpaired) electrons. The Labute approximate surface area is 129 Å². The zero-order valence-corrected chi connectivity index (χ0v) is 12.8.